The van der Waals surface area contributed by atoms with E-state index in [4.69, 9.17) is 11.5 Å². The number of benzene rings is 3. The zero-order valence-electron chi connectivity index (χ0n) is 32.1. The fourth-order valence-corrected chi connectivity index (χ4v) is 8.37. The van der Waals surface area contributed by atoms with Crippen molar-refractivity contribution >= 4 is 61.9 Å². The number of thiophene rings is 1. The third kappa shape index (κ3) is 10.2. The van der Waals surface area contributed by atoms with Crippen LogP contribution in [-0.2, 0) is 43.2 Å². The highest BCUT2D eigenvalue weighted by atomic mass is 32.1. The summed E-state index contributed by atoms with van der Waals surface area (Å²) in [5.41, 5.74) is 14.1. The molecule has 0 bridgehead atoms. The first kappa shape index (κ1) is 41.1. The quantitative estimate of drug-likeness (QED) is 0.0664. The Bertz CT molecular complexity index is 2180. The molecule has 14 heteroatoms. The van der Waals surface area contributed by atoms with Crippen LogP contribution >= 0.6 is 11.3 Å². The molecule has 5 amide bonds. The van der Waals surface area contributed by atoms with E-state index in [0.29, 0.717) is 32.4 Å². The first-order valence-corrected chi connectivity index (χ1v) is 20.5. The number of nitrogens with one attached hydrogen (secondary N) is 6. The van der Waals surface area contributed by atoms with E-state index in [1.807, 2.05) is 91.2 Å². The second-order valence-corrected chi connectivity index (χ2v) is 15.7. The van der Waals surface area contributed by atoms with E-state index >= 15 is 0 Å². The van der Waals surface area contributed by atoms with Gasteiger partial charge in [-0.05, 0) is 71.9 Å². The summed E-state index contributed by atoms with van der Waals surface area (Å²) in [5.74, 6) is -2.86. The van der Waals surface area contributed by atoms with E-state index in [0.717, 1.165) is 50.5 Å². The lowest BCUT2D eigenvalue weighted by Gasteiger charge is -2.36. The van der Waals surface area contributed by atoms with Crippen molar-refractivity contribution in [3.8, 4) is 0 Å². The van der Waals surface area contributed by atoms with Crippen molar-refractivity contribution in [1.29, 1.82) is 0 Å². The van der Waals surface area contributed by atoms with Gasteiger partial charge in [0.2, 0.25) is 29.5 Å². The minimum absolute atomic E-state index is 0.0657. The molecule has 0 spiro atoms. The van der Waals surface area contributed by atoms with Gasteiger partial charge in [0.05, 0.1) is 6.04 Å². The molecular weight excluding hydrogens is 741 g/mol. The van der Waals surface area contributed by atoms with E-state index in [2.05, 4.69) is 31.6 Å². The van der Waals surface area contributed by atoms with Crippen LogP contribution in [0, 0.1) is 0 Å². The van der Waals surface area contributed by atoms with E-state index in [9.17, 15) is 24.0 Å². The topological polar surface area (TPSA) is 213 Å². The number of carbonyl (C=O) groups is 5. The predicted octanol–water partition coefficient (Wildman–Crippen LogP) is 3.11. The van der Waals surface area contributed by atoms with Gasteiger partial charge < -0.3 is 43.0 Å². The normalized spacial score (nSPS) is 15.9. The highest BCUT2D eigenvalue weighted by Crippen LogP contribution is 2.27. The number of aromatic amines is 1. The number of para-hydroxylation sites is 1. The molecule has 4 atom stereocenters. The molecule has 57 heavy (non-hydrogen) atoms. The van der Waals surface area contributed by atoms with Crippen LogP contribution in [-0.4, -0.2) is 77.3 Å². The number of primary amides is 1. The Labute approximate surface area is 336 Å². The monoisotopic (exact) mass is 792 g/mol. The lowest BCUT2D eigenvalue weighted by atomic mass is 9.87. The summed E-state index contributed by atoms with van der Waals surface area (Å²) < 4.78 is 1.04. The Hall–Kier alpha value is -5.57. The number of nitrogens with two attached hydrogens (primary N) is 2. The SMILES string of the molecule is CCCC[C@H](N)C(=O)N[C@H](Cc1csc2ccccc12)C(=O)N[C@H](Cc1c[nH]c2ccccc12)C(=O)N[C@@H](Cc1ccccc1)C(=O)NC1(C(N)=O)CCNCC1. The largest absolute Gasteiger partial charge is 0.368 e. The molecule has 13 nitrogen and oxygen atoms in total. The average molecular weight is 793 g/mol. The van der Waals surface area contributed by atoms with Crippen LogP contribution in [0.2, 0.25) is 0 Å². The number of hydrogen-bond acceptors (Lipinski definition) is 8. The molecule has 6 rings (SSSR count). The van der Waals surface area contributed by atoms with Gasteiger partial charge in [0.15, 0.2) is 0 Å². The van der Waals surface area contributed by atoms with Crippen LogP contribution in [0.25, 0.3) is 21.0 Å². The average Bonchev–Trinajstić information content (AvgIpc) is 3.83. The van der Waals surface area contributed by atoms with Crippen molar-refractivity contribution in [1.82, 2.24) is 31.6 Å². The van der Waals surface area contributed by atoms with Crippen molar-refractivity contribution in [2.75, 3.05) is 13.1 Å². The van der Waals surface area contributed by atoms with Gasteiger partial charge in [-0.2, -0.15) is 0 Å². The zero-order chi connectivity index (χ0) is 40.4. The molecule has 3 heterocycles. The molecule has 1 aliphatic rings. The Morgan fingerprint density at radius 1 is 0.737 bits per heavy atom. The minimum Gasteiger partial charge on any atom is -0.368 e. The van der Waals surface area contributed by atoms with Gasteiger partial charge in [-0.15, -0.1) is 11.3 Å². The molecule has 1 saturated heterocycles. The van der Waals surface area contributed by atoms with Gasteiger partial charge in [0.1, 0.15) is 23.7 Å². The van der Waals surface area contributed by atoms with Gasteiger partial charge in [0, 0.05) is 41.1 Å². The van der Waals surface area contributed by atoms with Gasteiger partial charge >= 0.3 is 0 Å². The van der Waals surface area contributed by atoms with Gasteiger partial charge in [-0.25, -0.2) is 0 Å². The third-order valence-corrected chi connectivity index (χ3v) is 11.8. The summed E-state index contributed by atoms with van der Waals surface area (Å²) in [4.78, 5) is 72.6. The third-order valence-electron chi connectivity index (χ3n) is 10.8. The Morgan fingerprint density at radius 2 is 1.33 bits per heavy atom. The fraction of sp³-hybridized carbons (Fsp3) is 0.372. The van der Waals surface area contributed by atoms with Crippen molar-refractivity contribution in [3.63, 3.8) is 0 Å². The molecule has 3 aromatic carbocycles. The Morgan fingerprint density at radius 3 is 2.02 bits per heavy atom. The Balaban J connectivity index is 1.31. The number of carbonyl (C=O) groups excluding carboxylic acids is 5. The molecule has 0 unspecified atom stereocenters. The maximum Gasteiger partial charge on any atom is 0.243 e. The first-order chi connectivity index (χ1) is 27.6. The highest BCUT2D eigenvalue weighted by molar-refractivity contribution is 7.17. The standard InChI is InChI=1S/C43H52N8O5S/c1-2-3-15-32(44)38(52)48-36(24-29-26-57-37-17-10-8-14-31(29)37)40(54)50-35(23-28-25-47-33-16-9-7-13-30(28)33)39(53)49-34(22-27-11-5-4-6-12-27)41(55)51-43(42(45)56)18-20-46-21-19-43/h4-14,16-17,25-26,32,34-36,46-47H,2-3,15,18-24,44H2,1H3,(H2,45,56)(H,48,52)(H,49,53)(H,50,54)(H,51,55)/t32-,34-,35+,36+/m0/s1. The molecule has 5 aromatic rings. The number of amides is 5. The summed E-state index contributed by atoms with van der Waals surface area (Å²) in [7, 11) is 0. The van der Waals surface area contributed by atoms with E-state index in [1.165, 1.54) is 0 Å². The van der Waals surface area contributed by atoms with Crippen LogP contribution in [0.3, 0.4) is 0 Å². The van der Waals surface area contributed by atoms with Gasteiger partial charge in [0.25, 0.3) is 0 Å². The first-order valence-electron chi connectivity index (χ1n) is 19.6. The number of aromatic nitrogens is 1. The van der Waals surface area contributed by atoms with Crippen molar-refractivity contribution < 1.29 is 24.0 Å². The van der Waals surface area contributed by atoms with Gasteiger partial charge in [-0.1, -0.05) is 86.5 Å². The summed E-state index contributed by atoms with van der Waals surface area (Å²) in [6.45, 7) is 2.98. The fourth-order valence-electron chi connectivity index (χ4n) is 7.40. The van der Waals surface area contributed by atoms with E-state index < -0.39 is 59.2 Å². The molecule has 300 valence electrons. The van der Waals surface area contributed by atoms with E-state index in [-0.39, 0.29) is 19.3 Å². The van der Waals surface area contributed by atoms with E-state index in [1.54, 1.807) is 17.5 Å². The maximum absolute atomic E-state index is 14.6. The van der Waals surface area contributed by atoms with Crippen molar-refractivity contribution in [3.05, 3.63) is 107 Å². The molecule has 0 aliphatic carbocycles. The number of piperidine rings is 1. The summed E-state index contributed by atoms with van der Waals surface area (Å²) in [5, 5.41) is 18.7. The molecule has 0 saturated carbocycles. The van der Waals surface area contributed by atoms with Crippen LogP contribution in [0.4, 0.5) is 0 Å². The van der Waals surface area contributed by atoms with Crippen LogP contribution in [0.15, 0.2) is 90.4 Å². The summed E-state index contributed by atoms with van der Waals surface area (Å²) in [6, 6.07) is 20.5. The van der Waals surface area contributed by atoms with Crippen LogP contribution in [0.1, 0.15) is 55.7 Å². The van der Waals surface area contributed by atoms with Crippen molar-refractivity contribution in [2.45, 2.75) is 88.0 Å². The summed E-state index contributed by atoms with van der Waals surface area (Å²) >= 11 is 1.54. The smallest absolute Gasteiger partial charge is 0.243 e. The Kier molecular flexibility index (Phi) is 13.7. The minimum atomic E-state index is -1.28. The highest BCUT2D eigenvalue weighted by Gasteiger charge is 2.41. The number of fused-ring (bicyclic) bond motifs is 2. The summed E-state index contributed by atoms with van der Waals surface area (Å²) in [6.07, 6.45) is 4.80. The lowest BCUT2D eigenvalue weighted by Crippen LogP contribution is -2.65. The van der Waals surface area contributed by atoms with Gasteiger partial charge in [-0.3, -0.25) is 24.0 Å². The number of unbranched alkanes of at least 4 members (excludes halogenated alkanes) is 1. The molecule has 1 fully saturated rings. The van der Waals surface area contributed by atoms with Crippen LogP contribution < -0.4 is 38.1 Å². The zero-order valence-corrected chi connectivity index (χ0v) is 33.0. The lowest BCUT2D eigenvalue weighted by molar-refractivity contribution is -0.136. The van der Waals surface area contributed by atoms with Crippen LogP contribution in [0.5, 0.6) is 0 Å². The number of hydrogen-bond donors (Lipinski definition) is 8. The second kappa shape index (κ2) is 19.0. The molecule has 1 aliphatic heterocycles. The number of H-pyrrole nitrogens is 1. The molecular formula is C43H52N8O5S. The van der Waals surface area contributed by atoms with Crippen molar-refractivity contribution in [2.24, 2.45) is 11.5 Å². The predicted molar refractivity (Wildman–Crippen MR) is 223 cm³/mol. The second-order valence-electron chi connectivity index (χ2n) is 14.8. The molecule has 10 N–H and O–H groups in total. The molecule has 0 radical (unpaired) electrons. The maximum atomic E-state index is 14.6. The number of rotatable bonds is 18. The molecule has 2 aromatic heterocycles.